The zero-order valence-electron chi connectivity index (χ0n) is 11.6. The van der Waals surface area contributed by atoms with Gasteiger partial charge in [0, 0.05) is 13.1 Å². The van der Waals surface area contributed by atoms with E-state index in [1.807, 2.05) is 7.05 Å². The molecule has 1 amide bonds. The van der Waals surface area contributed by atoms with Crippen LogP contribution in [-0.4, -0.2) is 30.5 Å². The standard InChI is InChI=1S/C15H19Cl2NO2/c1-18(11-6-3-2-4-7-11)14(19)10-20-13-9-5-8-12(16)15(13)17/h5,8-9,11H,2-4,6-7,10H2,1H3. The van der Waals surface area contributed by atoms with Gasteiger partial charge >= 0.3 is 0 Å². The molecule has 0 unspecified atom stereocenters. The van der Waals surface area contributed by atoms with Crippen molar-refractivity contribution in [3.63, 3.8) is 0 Å². The maximum Gasteiger partial charge on any atom is 0.260 e. The third-order valence-corrected chi connectivity index (χ3v) is 4.58. The number of hydrogen-bond donors (Lipinski definition) is 0. The van der Waals surface area contributed by atoms with Gasteiger partial charge in [-0.1, -0.05) is 48.5 Å². The van der Waals surface area contributed by atoms with Crippen LogP contribution in [0.3, 0.4) is 0 Å². The van der Waals surface area contributed by atoms with Crippen molar-refractivity contribution in [1.82, 2.24) is 4.90 Å². The average Bonchev–Trinajstić information content (AvgIpc) is 2.48. The zero-order valence-corrected chi connectivity index (χ0v) is 13.1. The molecule has 0 saturated heterocycles. The first-order valence-corrected chi connectivity index (χ1v) is 7.67. The highest BCUT2D eigenvalue weighted by atomic mass is 35.5. The van der Waals surface area contributed by atoms with Crippen LogP contribution in [0.25, 0.3) is 0 Å². The molecule has 110 valence electrons. The second-order valence-electron chi connectivity index (χ2n) is 5.14. The molecule has 1 aliphatic carbocycles. The molecule has 0 bridgehead atoms. The van der Waals surface area contributed by atoms with E-state index < -0.39 is 0 Å². The lowest BCUT2D eigenvalue weighted by Crippen LogP contribution is -2.40. The van der Waals surface area contributed by atoms with Gasteiger partial charge in [0.2, 0.25) is 0 Å². The summed E-state index contributed by atoms with van der Waals surface area (Å²) in [6.07, 6.45) is 5.83. The summed E-state index contributed by atoms with van der Waals surface area (Å²) in [5.41, 5.74) is 0. The van der Waals surface area contributed by atoms with Crippen LogP contribution in [0.5, 0.6) is 5.75 Å². The first-order valence-electron chi connectivity index (χ1n) is 6.92. The minimum absolute atomic E-state index is 0.00688. The van der Waals surface area contributed by atoms with Gasteiger partial charge in [0.15, 0.2) is 6.61 Å². The lowest BCUT2D eigenvalue weighted by Gasteiger charge is -2.31. The molecule has 1 aliphatic rings. The van der Waals surface area contributed by atoms with Crippen LogP contribution in [-0.2, 0) is 4.79 Å². The number of carbonyl (C=O) groups excluding carboxylic acids is 1. The van der Waals surface area contributed by atoms with Gasteiger partial charge in [-0.2, -0.15) is 0 Å². The molecule has 2 rings (SSSR count). The summed E-state index contributed by atoms with van der Waals surface area (Å²) in [7, 11) is 1.85. The summed E-state index contributed by atoms with van der Waals surface area (Å²) in [6, 6.07) is 5.49. The Hall–Kier alpha value is -0.930. The second-order valence-corrected chi connectivity index (χ2v) is 5.92. The number of likely N-dealkylation sites (N-methyl/N-ethyl adjacent to an activating group) is 1. The van der Waals surface area contributed by atoms with Crippen molar-refractivity contribution in [2.75, 3.05) is 13.7 Å². The van der Waals surface area contributed by atoms with E-state index >= 15 is 0 Å². The van der Waals surface area contributed by atoms with E-state index in [9.17, 15) is 4.79 Å². The summed E-state index contributed by atoms with van der Waals surface area (Å²) < 4.78 is 5.48. The van der Waals surface area contributed by atoms with Crippen LogP contribution in [0.1, 0.15) is 32.1 Å². The summed E-state index contributed by atoms with van der Waals surface area (Å²) in [6.45, 7) is -0.00688. The molecule has 0 aliphatic heterocycles. The van der Waals surface area contributed by atoms with Gasteiger partial charge in [-0.15, -0.1) is 0 Å². The van der Waals surface area contributed by atoms with Crippen molar-refractivity contribution in [3.8, 4) is 5.75 Å². The minimum Gasteiger partial charge on any atom is -0.482 e. The Morgan fingerprint density at radius 2 is 2.00 bits per heavy atom. The van der Waals surface area contributed by atoms with Gasteiger partial charge in [-0.3, -0.25) is 4.79 Å². The smallest absolute Gasteiger partial charge is 0.260 e. The highest BCUT2D eigenvalue weighted by Crippen LogP contribution is 2.31. The largest absolute Gasteiger partial charge is 0.482 e. The number of carbonyl (C=O) groups is 1. The van der Waals surface area contributed by atoms with Gasteiger partial charge in [-0.25, -0.2) is 0 Å². The molecule has 0 heterocycles. The van der Waals surface area contributed by atoms with E-state index in [0.717, 1.165) is 12.8 Å². The third kappa shape index (κ3) is 3.80. The van der Waals surface area contributed by atoms with Crippen LogP contribution < -0.4 is 4.74 Å². The highest BCUT2D eigenvalue weighted by molar-refractivity contribution is 6.42. The minimum atomic E-state index is -0.0204. The molecule has 1 fully saturated rings. The van der Waals surface area contributed by atoms with E-state index in [1.165, 1.54) is 19.3 Å². The Bertz CT molecular complexity index is 473. The maximum atomic E-state index is 12.1. The molecule has 20 heavy (non-hydrogen) atoms. The number of benzene rings is 1. The number of rotatable bonds is 4. The van der Waals surface area contributed by atoms with Crippen molar-refractivity contribution in [2.45, 2.75) is 38.1 Å². The average molecular weight is 316 g/mol. The molecule has 1 aromatic carbocycles. The van der Waals surface area contributed by atoms with Crippen molar-refractivity contribution >= 4 is 29.1 Å². The van der Waals surface area contributed by atoms with E-state index in [4.69, 9.17) is 27.9 Å². The first-order chi connectivity index (χ1) is 9.59. The van der Waals surface area contributed by atoms with Gasteiger partial charge < -0.3 is 9.64 Å². The van der Waals surface area contributed by atoms with Crippen molar-refractivity contribution < 1.29 is 9.53 Å². The van der Waals surface area contributed by atoms with E-state index in [2.05, 4.69) is 0 Å². The van der Waals surface area contributed by atoms with E-state index in [1.54, 1.807) is 23.1 Å². The molecule has 5 heteroatoms. The van der Waals surface area contributed by atoms with Gasteiger partial charge in [-0.05, 0) is 25.0 Å². The number of amides is 1. The normalized spacial score (nSPS) is 15.9. The Morgan fingerprint density at radius 3 is 2.70 bits per heavy atom. The van der Waals surface area contributed by atoms with Gasteiger partial charge in [0.05, 0.1) is 5.02 Å². The Labute approximate surface area is 129 Å². The molecule has 0 spiro atoms. The molecule has 1 saturated carbocycles. The first kappa shape index (κ1) is 15.5. The summed E-state index contributed by atoms with van der Waals surface area (Å²) >= 11 is 11.9. The molecular formula is C15H19Cl2NO2. The van der Waals surface area contributed by atoms with Crippen LogP contribution in [0.15, 0.2) is 18.2 Å². The lowest BCUT2D eigenvalue weighted by atomic mass is 9.94. The summed E-state index contributed by atoms with van der Waals surface area (Å²) in [4.78, 5) is 13.9. The van der Waals surface area contributed by atoms with Crippen molar-refractivity contribution in [3.05, 3.63) is 28.2 Å². The van der Waals surface area contributed by atoms with Gasteiger partial charge in [0.1, 0.15) is 10.8 Å². The zero-order chi connectivity index (χ0) is 14.5. The van der Waals surface area contributed by atoms with Crippen LogP contribution in [0, 0.1) is 0 Å². The fraction of sp³-hybridized carbons (Fsp3) is 0.533. The molecular weight excluding hydrogens is 297 g/mol. The Balaban J connectivity index is 1.89. The topological polar surface area (TPSA) is 29.5 Å². The molecule has 0 aromatic heterocycles. The highest BCUT2D eigenvalue weighted by Gasteiger charge is 2.22. The van der Waals surface area contributed by atoms with Crippen molar-refractivity contribution in [1.29, 1.82) is 0 Å². The van der Waals surface area contributed by atoms with E-state index in [-0.39, 0.29) is 12.5 Å². The Kier molecular flexibility index (Phi) is 5.55. The third-order valence-electron chi connectivity index (χ3n) is 3.78. The number of ether oxygens (including phenoxy) is 1. The second kappa shape index (κ2) is 7.19. The predicted molar refractivity (Wildman–Crippen MR) is 81.6 cm³/mol. The van der Waals surface area contributed by atoms with Gasteiger partial charge in [0.25, 0.3) is 5.91 Å². The molecule has 1 aromatic rings. The molecule has 3 nitrogen and oxygen atoms in total. The maximum absolute atomic E-state index is 12.1. The number of halogens is 2. The number of nitrogens with zero attached hydrogens (tertiary/aromatic N) is 1. The predicted octanol–water partition coefficient (Wildman–Crippen LogP) is 4.16. The summed E-state index contributed by atoms with van der Waals surface area (Å²) in [5.74, 6) is 0.428. The quantitative estimate of drug-likeness (QED) is 0.834. The molecule has 0 radical (unpaired) electrons. The van der Waals surface area contributed by atoms with Crippen LogP contribution in [0.4, 0.5) is 0 Å². The monoisotopic (exact) mass is 315 g/mol. The lowest BCUT2D eigenvalue weighted by molar-refractivity contribution is -0.134. The molecule has 0 atom stereocenters. The fourth-order valence-electron chi connectivity index (χ4n) is 2.51. The van der Waals surface area contributed by atoms with Crippen LogP contribution in [0.2, 0.25) is 10.0 Å². The van der Waals surface area contributed by atoms with E-state index in [0.29, 0.717) is 21.8 Å². The Morgan fingerprint density at radius 1 is 1.30 bits per heavy atom. The fourth-order valence-corrected chi connectivity index (χ4v) is 2.86. The van der Waals surface area contributed by atoms with Crippen molar-refractivity contribution in [2.24, 2.45) is 0 Å². The van der Waals surface area contributed by atoms with Crippen LogP contribution >= 0.6 is 23.2 Å². The SMILES string of the molecule is CN(C(=O)COc1cccc(Cl)c1Cl)C1CCCCC1. The summed E-state index contributed by atoms with van der Waals surface area (Å²) in [5, 5.41) is 0.777. The number of hydrogen-bond acceptors (Lipinski definition) is 2. The molecule has 0 N–H and O–H groups in total.